The average molecular weight is 385 g/mol. The SMILES string of the molecule is C.C=CC.C=Cc1ccc(C(CCC)CCCC/C(C)=C/C=C\C)cc1.CC. The van der Waals surface area contributed by atoms with E-state index in [1.54, 1.807) is 6.08 Å². The molecule has 0 heterocycles. The van der Waals surface area contributed by atoms with Gasteiger partial charge in [0.25, 0.3) is 0 Å². The highest BCUT2D eigenvalue weighted by molar-refractivity contribution is 5.47. The first-order chi connectivity index (χ1) is 13.1. The summed E-state index contributed by atoms with van der Waals surface area (Å²) >= 11 is 0. The molecule has 28 heavy (non-hydrogen) atoms. The summed E-state index contributed by atoms with van der Waals surface area (Å²) in [5, 5.41) is 0. The number of allylic oxidation sites excluding steroid dienone is 5. The summed E-state index contributed by atoms with van der Waals surface area (Å²) in [5.41, 5.74) is 4.19. The molecule has 0 saturated heterocycles. The average Bonchev–Trinajstić information content (AvgIpc) is 2.71. The zero-order valence-electron chi connectivity index (χ0n) is 18.9. The molecule has 0 bridgehead atoms. The van der Waals surface area contributed by atoms with E-state index >= 15 is 0 Å². The first kappa shape index (κ1) is 30.9. The van der Waals surface area contributed by atoms with Gasteiger partial charge in [0, 0.05) is 0 Å². The smallest absolute Gasteiger partial charge is 0.0162 e. The van der Waals surface area contributed by atoms with E-state index in [2.05, 4.69) is 76.4 Å². The molecule has 0 fully saturated rings. The molecule has 0 aromatic heterocycles. The van der Waals surface area contributed by atoms with Crippen LogP contribution in [0.15, 0.2) is 67.3 Å². The molecular weight excluding hydrogens is 336 g/mol. The van der Waals surface area contributed by atoms with Gasteiger partial charge in [-0.3, -0.25) is 0 Å². The Kier molecular flexibility index (Phi) is 25.6. The molecule has 1 aromatic rings. The zero-order valence-corrected chi connectivity index (χ0v) is 18.9. The van der Waals surface area contributed by atoms with Gasteiger partial charge < -0.3 is 0 Å². The standard InChI is InChI=1S/C22H32.C3H6.C2H6.CH4/c1-5-8-12-19(4)13-9-10-14-21(11-6-2)22-17-15-20(7-3)16-18-22;1-3-2;1-2;/h5,7-8,12,15-18,21H,3,6,9-11,13-14H2,1-2,4H3;3H,1H2,2H3;1-2H3;1H4/b8-5-,19-12+;;;. The van der Waals surface area contributed by atoms with Crippen LogP contribution >= 0.6 is 0 Å². The monoisotopic (exact) mass is 384 g/mol. The summed E-state index contributed by atoms with van der Waals surface area (Å²) in [6.45, 7) is 19.7. The van der Waals surface area contributed by atoms with Gasteiger partial charge in [0.05, 0.1) is 0 Å². The quantitative estimate of drug-likeness (QED) is 0.214. The van der Waals surface area contributed by atoms with Crippen LogP contribution in [0.25, 0.3) is 6.08 Å². The van der Waals surface area contributed by atoms with Crippen molar-refractivity contribution in [2.75, 3.05) is 0 Å². The molecule has 0 N–H and O–H groups in total. The minimum atomic E-state index is 0. The first-order valence-electron chi connectivity index (χ1n) is 10.7. The largest absolute Gasteiger partial charge is 0.103 e. The second kappa shape index (κ2) is 23.2. The molecule has 1 aromatic carbocycles. The zero-order chi connectivity index (χ0) is 20.9. The Hall–Kier alpha value is -1.82. The second-order valence-corrected chi connectivity index (χ2v) is 6.55. The normalized spacial score (nSPS) is 11.3. The molecule has 0 heteroatoms. The highest BCUT2D eigenvalue weighted by Gasteiger charge is 2.10. The van der Waals surface area contributed by atoms with Crippen LogP contribution in [0.5, 0.6) is 0 Å². The highest BCUT2D eigenvalue weighted by atomic mass is 14.1. The molecule has 0 nitrogen and oxygen atoms in total. The van der Waals surface area contributed by atoms with Gasteiger partial charge in [-0.25, -0.2) is 0 Å². The summed E-state index contributed by atoms with van der Waals surface area (Å²) < 4.78 is 0. The van der Waals surface area contributed by atoms with E-state index in [1.807, 2.05) is 26.8 Å². The Labute approximate surface area is 178 Å². The van der Waals surface area contributed by atoms with Gasteiger partial charge in [0.15, 0.2) is 0 Å². The summed E-state index contributed by atoms with van der Waals surface area (Å²) in [6.07, 6.45) is 17.8. The number of benzene rings is 1. The lowest BCUT2D eigenvalue weighted by Gasteiger charge is -2.17. The molecule has 0 aliphatic heterocycles. The van der Waals surface area contributed by atoms with Crippen LogP contribution in [0.1, 0.15) is 105 Å². The Morgan fingerprint density at radius 1 is 1.00 bits per heavy atom. The fourth-order valence-corrected chi connectivity index (χ4v) is 2.87. The maximum atomic E-state index is 3.83. The minimum absolute atomic E-state index is 0. The number of unbranched alkanes of at least 4 members (excludes halogenated alkanes) is 1. The molecule has 0 aliphatic carbocycles. The second-order valence-electron chi connectivity index (χ2n) is 6.55. The Bertz CT molecular complexity index is 513. The fourth-order valence-electron chi connectivity index (χ4n) is 2.87. The fraction of sp³-hybridized carbons (Fsp3) is 0.500. The predicted molar refractivity (Wildman–Crippen MR) is 135 cm³/mol. The molecule has 0 saturated carbocycles. The van der Waals surface area contributed by atoms with E-state index in [0.29, 0.717) is 5.92 Å². The van der Waals surface area contributed by atoms with Crippen molar-refractivity contribution in [3.63, 3.8) is 0 Å². The van der Waals surface area contributed by atoms with Gasteiger partial charge in [-0.2, -0.15) is 0 Å². The van der Waals surface area contributed by atoms with Gasteiger partial charge in [0.2, 0.25) is 0 Å². The van der Waals surface area contributed by atoms with E-state index in [-0.39, 0.29) is 7.43 Å². The maximum Gasteiger partial charge on any atom is -0.0162 e. The van der Waals surface area contributed by atoms with Gasteiger partial charge in [-0.05, 0) is 63.5 Å². The maximum absolute atomic E-state index is 3.83. The Balaban J connectivity index is -0.000000946. The molecule has 1 atom stereocenters. The van der Waals surface area contributed by atoms with E-state index in [4.69, 9.17) is 0 Å². The summed E-state index contributed by atoms with van der Waals surface area (Å²) in [4.78, 5) is 0. The molecular formula is C28H48. The lowest BCUT2D eigenvalue weighted by molar-refractivity contribution is 0.531. The molecule has 0 spiro atoms. The van der Waals surface area contributed by atoms with Crippen molar-refractivity contribution in [2.24, 2.45) is 0 Å². The molecule has 0 amide bonds. The van der Waals surface area contributed by atoms with Crippen molar-refractivity contribution in [3.05, 3.63) is 78.4 Å². The lowest BCUT2D eigenvalue weighted by atomic mass is 9.88. The topological polar surface area (TPSA) is 0 Å². The van der Waals surface area contributed by atoms with Crippen molar-refractivity contribution >= 4 is 6.08 Å². The van der Waals surface area contributed by atoms with Crippen LogP contribution in [0.3, 0.4) is 0 Å². The van der Waals surface area contributed by atoms with Gasteiger partial charge in [0.1, 0.15) is 0 Å². The molecule has 160 valence electrons. The summed E-state index contributed by atoms with van der Waals surface area (Å²) in [5.74, 6) is 0.712. The third kappa shape index (κ3) is 16.4. The van der Waals surface area contributed by atoms with Crippen molar-refractivity contribution in [1.82, 2.24) is 0 Å². The Morgan fingerprint density at radius 3 is 2.04 bits per heavy atom. The Morgan fingerprint density at radius 2 is 1.57 bits per heavy atom. The molecule has 1 rings (SSSR count). The number of rotatable bonds is 10. The van der Waals surface area contributed by atoms with Crippen LogP contribution < -0.4 is 0 Å². The van der Waals surface area contributed by atoms with E-state index in [0.717, 1.165) is 0 Å². The van der Waals surface area contributed by atoms with Crippen molar-refractivity contribution in [2.45, 2.75) is 93.4 Å². The van der Waals surface area contributed by atoms with Crippen LogP contribution in [0.4, 0.5) is 0 Å². The number of hydrogen-bond donors (Lipinski definition) is 0. The van der Waals surface area contributed by atoms with E-state index in [9.17, 15) is 0 Å². The van der Waals surface area contributed by atoms with Crippen LogP contribution in [-0.2, 0) is 0 Å². The molecule has 1 unspecified atom stereocenters. The van der Waals surface area contributed by atoms with Crippen LogP contribution in [-0.4, -0.2) is 0 Å². The number of hydrogen-bond acceptors (Lipinski definition) is 0. The molecule has 0 aliphatic rings. The van der Waals surface area contributed by atoms with Crippen molar-refractivity contribution in [3.8, 4) is 0 Å². The summed E-state index contributed by atoms with van der Waals surface area (Å²) in [7, 11) is 0. The van der Waals surface area contributed by atoms with E-state index < -0.39 is 0 Å². The third-order valence-electron chi connectivity index (χ3n) is 4.23. The minimum Gasteiger partial charge on any atom is -0.103 e. The molecule has 0 radical (unpaired) electrons. The van der Waals surface area contributed by atoms with Crippen LogP contribution in [0, 0.1) is 0 Å². The lowest BCUT2D eigenvalue weighted by Crippen LogP contribution is -1.99. The first-order valence-corrected chi connectivity index (χ1v) is 10.7. The van der Waals surface area contributed by atoms with E-state index in [1.165, 1.54) is 55.2 Å². The van der Waals surface area contributed by atoms with Crippen molar-refractivity contribution in [1.29, 1.82) is 0 Å². The van der Waals surface area contributed by atoms with Crippen molar-refractivity contribution < 1.29 is 0 Å². The third-order valence-corrected chi connectivity index (χ3v) is 4.23. The predicted octanol–water partition coefficient (Wildman–Crippen LogP) is 10.2. The van der Waals surface area contributed by atoms with Gasteiger partial charge in [-0.15, -0.1) is 6.58 Å². The highest BCUT2D eigenvalue weighted by Crippen LogP contribution is 2.28. The van der Waals surface area contributed by atoms with Gasteiger partial charge >= 0.3 is 0 Å². The van der Waals surface area contributed by atoms with Gasteiger partial charge in [-0.1, -0.05) is 108 Å². The van der Waals surface area contributed by atoms with Crippen LogP contribution in [0.2, 0.25) is 0 Å². The summed E-state index contributed by atoms with van der Waals surface area (Å²) in [6, 6.07) is 8.95.